The molecule has 0 fully saturated rings. The molecule has 0 unspecified atom stereocenters. The Balaban J connectivity index is 1.34. The van der Waals surface area contributed by atoms with Crippen LogP contribution in [0, 0.1) is 0 Å². The van der Waals surface area contributed by atoms with Gasteiger partial charge in [0.1, 0.15) is 23.1 Å². The van der Waals surface area contributed by atoms with E-state index in [4.69, 9.17) is 9.47 Å². The average Bonchev–Trinajstić information content (AvgIpc) is 3.41. The molecule has 0 aliphatic rings. The Labute approximate surface area is 202 Å². The van der Waals surface area contributed by atoms with Crippen LogP contribution in [0.15, 0.2) is 47.6 Å². The number of amides is 1. The molecule has 0 bridgehead atoms. The van der Waals surface area contributed by atoms with Crippen molar-refractivity contribution in [1.82, 2.24) is 24.7 Å². The number of thioether (sulfide) groups is 1. The predicted octanol–water partition coefficient (Wildman–Crippen LogP) is 4.00. The molecule has 1 amide bonds. The number of anilines is 1. The maximum Gasteiger partial charge on any atom is 0.234 e. The third kappa shape index (κ3) is 5.69. The van der Waals surface area contributed by atoms with Gasteiger partial charge in [0.15, 0.2) is 5.16 Å². The first-order chi connectivity index (χ1) is 16.6. The van der Waals surface area contributed by atoms with Crippen molar-refractivity contribution in [2.75, 3.05) is 24.3 Å². The standard InChI is InChI=1S/C24H28N6O3S/c1-4-32-16-10-11-20(33-5-2)19(14-16)27-23(31)15-34-24-29-28-22(30(24)3)13-12-21-25-17-8-6-7-9-18(17)26-21/h6-11,14H,4-5,12-13,15H2,1-3H3,(H,25,26)(H,27,31). The van der Waals surface area contributed by atoms with E-state index in [-0.39, 0.29) is 11.7 Å². The van der Waals surface area contributed by atoms with Crippen LogP contribution in [0.5, 0.6) is 11.5 Å². The number of carbonyl (C=O) groups excluding carboxylic acids is 1. The summed E-state index contributed by atoms with van der Waals surface area (Å²) < 4.78 is 13.1. The van der Waals surface area contributed by atoms with Crippen LogP contribution >= 0.6 is 11.8 Å². The molecule has 2 heterocycles. The largest absolute Gasteiger partial charge is 0.494 e. The number of hydrogen-bond donors (Lipinski definition) is 2. The van der Waals surface area contributed by atoms with Gasteiger partial charge < -0.3 is 24.3 Å². The molecule has 0 saturated heterocycles. The molecule has 2 N–H and O–H groups in total. The van der Waals surface area contributed by atoms with Gasteiger partial charge in [-0.05, 0) is 38.1 Å². The first kappa shape index (κ1) is 23.6. The summed E-state index contributed by atoms with van der Waals surface area (Å²) in [5, 5.41) is 12.2. The summed E-state index contributed by atoms with van der Waals surface area (Å²) >= 11 is 1.34. The van der Waals surface area contributed by atoms with E-state index in [0.717, 1.165) is 29.1 Å². The van der Waals surface area contributed by atoms with Crippen LogP contribution < -0.4 is 14.8 Å². The lowest BCUT2D eigenvalue weighted by Gasteiger charge is -2.13. The summed E-state index contributed by atoms with van der Waals surface area (Å²) in [6, 6.07) is 13.4. The Morgan fingerprint density at radius 3 is 2.71 bits per heavy atom. The molecule has 0 atom stereocenters. The highest BCUT2D eigenvalue weighted by Gasteiger charge is 2.14. The number of carbonyl (C=O) groups is 1. The van der Waals surface area contributed by atoms with Crippen molar-refractivity contribution in [2.24, 2.45) is 7.05 Å². The normalized spacial score (nSPS) is 11.0. The predicted molar refractivity (Wildman–Crippen MR) is 133 cm³/mol. The highest BCUT2D eigenvalue weighted by molar-refractivity contribution is 7.99. The van der Waals surface area contributed by atoms with Gasteiger partial charge >= 0.3 is 0 Å². The number of fused-ring (bicyclic) bond motifs is 1. The molecule has 10 heteroatoms. The molecular formula is C24H28N6O3S. The number of hydrogen-bond acceptors (Lipinski definition) is 7. The number of aryl methyl sites for hydroxylation is 2. The van der Waals surface area contributed by atoms with E-state index in [1.54, 1.807) is 12.1 Å². The SMILES string of the molecule is CCOc1ccc(OCC)c(NC(=O)CSc2nnc(CCc3nc4ccccc4[nH]3)n2C)c1. The monoisotopic (exact) mass is 480 g/mol. The third-order valence-corrected chi connectivity index (χ3v) is 6.14. The van der Waals surface area contributed by atoms with E-state index in [0.29, 0.717) is 42.0 Å². The number of nitrogens with one attached hydrogen (secondary N) is 2. The van der Waals surface area contributed by atoms with E-state index in [1.807, 2.05) is 55.8 Å². The zero-order chi connectivity index (χ0) is 23.9. The van der Waals surface area contributed by atoms with Gasteiger partial charge in [-0.1, -0.05) is 23.9 Å². The first-order valence-corrected chi connectivity index (χ1v) is 12.2. The van der Waals surface area contributed by atoms with Crippen LogP contribution in [0.25, 0.3) is 11.0 Å². The smallest absolute Gasteiger partial charge is 0.234 e. The molecule has 178 valence electrons. The van der Waals surface area contributed by atoms with Gasteiger partial charge in [-0.2, -0.15) is 0 Å². The Morgan fingerprint density at radius 2 is 1.91 bits per heavy atom. The highest BCUT2D eigenvalue weighted by Crippen LogP contribution is 2.30. The van der Waals surface area contributed by atoms with Crippen molar-refractivity contribution < 1.29 is 14.3 Å². The van der Waals surface area contributed by atoms with Crippen molar-refractivity contribution in [1.29, 1.82) is 0 Å². The zero-order valence-corrected chi connectivity index (χ0v) is 20.3. The van der Waals surface area contributed by atoms with Gasteiger partial charge in [0.25, 0.3) is 0 Å². The first-order valence-electron chi connectivity index (χ1n) is 11.2. The molecule has 0 aliphatic carbocycles. The number of rotatable bonds is 11. The van der Waals surface area contributed by atoms with Crippen molar-refractivity contribution in [3.8, 4) is 11.5 Å². The van der Waals surface area contributed by atoms with Gasteiger partial charge in [-0.25, -0.2) is 4.98 Å². The molecular weight excluding hydrogens is 452 g/mol. The summed E-state index contributed by atoms with van der Waals surface area (Å²) in [5.74, 6) is 3.07. The quantitative estimate of drug-likeness (QED) is 0.312. The number of nitrogens with zero attached hydrogens (tertiary/aromatic N) is 4. The van der Waals surface area contributed by atoms with Gasteiger partial charge in [-0.15, -0.1) is 10.2 Å². The molecule has 0 spiro atoms. The fourth-order valence-electron chi connectivity index (χ4n) is 3.50. The minimum Gasteiger partial charge on any atom is -0.494 e. The van der Waals surface area contributed by atoms with Crippen LogP contribution in [0.3, 0.4) is 0 Å². The Morgan fingerprint density at radius 1 is 1.09 bits per heavy atom. The van der Waals surface area contributed by atoms with Gasteiger partial charge in [-0.3, -0.25) is 4.79 Å². The number of aromatic nitrogens is 5. The van der Waals surface area contributed by atoms with Crippen molar-refractivity contribution >= 4 is 34.4 Å². The summed E-state index contributed by atoms with van der Waals surface area (Å²) in [5.41, 5.74) is 2.57. The van der Waals surface area contributed by atoms with Gasteiger partial charge in [0.2, 0.25) is 5.91 Å². The molecule has 4 aromatic rings. The highest BCUT2D eigenvalue weighted by atomic mass is 32.2. The number of ether oxygens (including phenoxy) is 2. The number of imidazole rings is 1. The minimum atomic E-state index is -0.161. The Hall–Kier alpha value is -3.53. The lowest BCUT2D eigenvalue weighted by Crippen LogP contribution is -2.15. The molecule has 2 aromatic carbocycles. The van der Waals surface area contributed by atoms with Crippen molar-refractivity contribution in [3.63, 3.8) is 0 Å². The topological polar surface area (TPSA) is 107 Å². The molecule has 0 aliphatic heterocycles. The Bertz CT molecular complexity index is 1240. The maximum atomic E-state index is 12.6. The van der Waals surface area contributed by atoms with Gasteiger partial charge in [0.05, 0.1) is 35.7 Å². The number of aromatic amines is 1. The average molecular weight is 481 g/mol. The summed E-state index contributed by atoms with van der Waals surface area (Å²) in [7, 11) is 1.91. The van der Waals surface area contributed by atoms with E-state index in [9.17, 15) is 4.79 Å². The third-order valence-electron chi connectivity index (χ3n) is 5.12. The van der Waals surface area contributed by atoms with E-state index >= 15 is 0 Å². The second-order valence-electron chi connectivity index (χ2n) is 7.52. The number of para-hydroxylation sites is 2. The summed E-state index contributed by atoms with van der Waals surface area (Å²) in [6.45, 7) is 4.86. The second-order valence-corrected chi connectivity index (χ2v) is 8.46. The van der Waals surface area contributed by atoms with Crippen LogP contribution in [-0.4, -0.2) is 49.6 Å². The Kier molecular flexibility index (Phi) is 7.69. The molecule has 0 saturated carbocycles. The lowest BCUT2D eigenvalue weighted by atomic mass is 10.2. The summed E-state index contributed by atoms with van der Waals surface area (Å²) in [6.07, 6.45) is 1.42. The van der Waals surface area contributed by atoms with Crippen LogP contribution in [0.4, 0.5) is 5.69 Å². The molecule has 34 heavy (non-hydrogen) atoms. The summed E-state index contributed by atoms with van der Waals surface area (Å²) in [4.78, 5) is 20.6. The molecule has 4 rings (SSSR count). The van der Waals surface area contributed by atoms with E-state index in [2.05, 4.69) is 25.5 Å². The minimum absolute atomic E-state index is 0.161. The van der Waals surface area contributed by atoms with E-state index < -0.39 is 0 Å². The molecule has 0 radical (unpaired) electrons. The fourth-order valence-corrected chi connectivity index (χ4v) is 4.23. The number of benzene rings is 2. The zero-order valence-electron chi connectivity index (χ0n) is 19.5. The second kappa shape index (κ2) is 11.1. The lowest BCUT2D eigenvalue weighted by molar-refractivity contribution is -0.113. The molecule has 9 nitrogen and oxygen atoms in total. The van der Waals surface area contributed by atoms with Crippen LogP contribution in [0.1, 0.15) is 25.5 Å². The molecule has 2 aromatic heterocycles. The number of H-pyrrole nitrogens is 1. The van der Waals surface area contributed by atoms with Crippen molar-refractivity contribution in [3.05, 3.63) is 54.1 Å². The van der Waals surface area contributed by atoms with Crippen LogP contribution in [0.2, 0.25) is 0 Å². The van der Waals surface area contributed by atoms with Gasteiger partial charge in [0, 0.05) is 26.0 Å². The van der Waals surface area contributed by atoms with Crippen LogP contribution in [-0.2, 0) is 24.7 Å². The van der Waals surface area contributed by atoms with Crippen molar-refractivity contribution in [2.45, 2.75) is 31.8 Å². The van der Waals surface area contributed by atoms with E-state index in [1.165, 1.54) is 11.8 Å². The maximum absolute atomic E-state index is 12.6. The fraction of sp³-hybridized carbons (Fsp3) is 0.333.